The maximum absolute atomic E-state index is 5.93. The highest BCUT2D eigenvalue weighted by atomic mass is 32.2. The minimum atomic E-state index is -0.0772. The molecule has 9 nitrogen and oxygen atoms in total. The maximum Gasteiger partial charge on any atom is 0.232 e. The zero-order valence-corrected chi connectivity index (χ0v) is 19.3. The molecule has 164 valence electrons. The molecule has 1 aromatic carbocycles. The summed E-state index contributed by atoms with van der Waals surface area (Å²) in [5.74, 6) is 2.28. The summed E-state index contributed by atoms with van der Waals surface area (Å²) in [6.45, 7) is 6.14. The van der Waals surface area contributed by atoms with E-state index in [-0.39, 0.29) is 11.2 Å². The molecule has 3 aromatic rings. The Hall–Kier alpha value is -2.88. The molecule has 1 saturated heterocycles. The van der Waals surface area contributed by atoms with Crippen molar-refractivity contribution in [3.05, 3.63) is 35.7 Å². The van der Waals surface area contributed by atoms with Crippen LogP contribution in [0.3, 0.4) is 0 Å². The predicted octanol–water partition coefficient (Wildman–Crippen LogP) is 3.25. The highest BCUT2D eigenvalue weighted by molar-refractivity contribution is 7.99. The molecular weight excluding hydrogens is 410 g/mol. The fourth-order valence-corrected chi connectivity index (χ4v) is 4.45. The van der Waals surface area contributed by atoms with Gasteiger partial charge in [-0.2, -0.15) is 15.0 Å². The summed E-state index contributed by atoms with van der Waals surface area (Å²) < 4.78 is 2.14. The Labute approximate surface area is 187 Å². The second-order valence-electron chi connectivity index (χ2n) is 8.01. The lowest BCUT2D eigenvalue weighted by Gasteiger charge is -2.28. The molecule has 0 spiro atoms. The molecule has 0 amide bonds. The van der Waals surface area contributed by atoms with Crippen LogP contribution in [0.25, 0.3) is 5.69 Å². The zero-order valence-electron chi connectivity index (χ0n) is 18.5. The van der Waals surface area contributed by atoms with Crippen LogP contribution in [0, 0.1) is 6.92 Å². The van der Waals surface area contributed by atoms with Gasteiger partial charge in [0, 0.05) is 27.2 Å². The van der Waals surface area contributed by atoms with Crippen LogP contribution in [0.2, 0.25) is 0 Å². The van der Waals surface area contributed by atoms with Gasteiger partial charge in [0.15, 0.2) is 5.16 Å². The van der Waals surface area contributed by atoms with E-state index in [0.29, 0.717) is 11.8 Å². The minimum Gasteiger partial charge on any atom is -0.368 e. The van der Waals surface area contributed by atoms with Crippen LogP contribution in [-0.4, -0.2) is 56.9 Å². The first-order valence-electron chi connectivity index (χ1n) is 10.5. The number of nitrogen functional groups attached to an aromatic ring is 1. The van der Waals surface area contributed by atoms with Crippen LogP contribution in [-0.2, 0) is 0 Å². The normalized spacial score (nSPS) is 15.2. The topological polar surface area (TPSA) is 102 Å². The highest BCUT2D eigenvalue weighted by Gasteiger charge is 2.24. The SMILES string of the molecule is Cc1ccc(-n2c(SC(C)c3nc(N)nc(N(C)C)n3)nnc2N2CCCCC2)cc1. The van der Waals surface area contributed by atoms with Crippen molar-refractivity contribution in [2.24, 2.45) is 0 Å². The van der Waals surface area contributed by atoms with Crippen LogP contribution in [0.4, 0.5) is 17.8 Å². The maximum atomic E-state index is 5.93. The molecule has 2 aromatic heterocycles. The van der Waals surface area contributed by atoms with Gasteiger partial charge in [-0.3, -0.25) is 4.57 Å². The molecule has 1 fully saturated rings. The summed E-state index contributed by atoms with van der Waals surface area (Å²) in [6.07, 6.45) is 3.62. The Balaban J connectivity index is 1.69. The number of nitrogens with two attached hydrogens (primary N) is 1. The number of thioether (sulfide) groups is 1. The van der Waals surface area contributed by atoms with Crippen molar-refractivity contribution in [1.29, 1.82) is 0 Å². The fourth-order valence-electron chi connectivity index (χ4n) is 3.55. The van der Waals surface area contributed by atoms with Crippen molar-refractivity contribution in [3.8, 4) is 5.69 Å². The quantitative estimate of drug-likeness (QED) is 0.580. The number of benzene rings is 1. The van der Waals surface area contributed by atoms with E-state index in [1.165, 1.54) is 24.8 Å². The summed E-state index contributed by atoms with van der Waals surface area (Å²) in [7, 11) is 3.77. The molecule has 1 aliphatic rings. The van der Waals surface area contributed by atoms with Crippen LogP contribution in [0.5, 0.6) is 0 Å². The first kappa shape index (κ1) is 21.4. The van der Waals surface area contributed by atoms with Gasteiger partial charge in [-0.25, -0.2) is 0 Å². The molecule has 4 rings (SSSR count). The average molecular weight is 440 g/mol. The second kappa shape index (κ2) is 9.09. The summed E-state index contributed by atoms with van der Waals surface area (Å²) in [4.78, 5) is 17.3. The lowest BCUT2D eigenvalue weighted by Crippen LogP contribution is -2.31. The number of rotatable bonds is 6. The van der Waals surface area contributed by atoms with Crippen LogP contribution in [0.1, 0.15) is 42.8 Å². The van der Waals surface area contributed by atoms with Crippen molar-refractivity contribution < 1.29 is 0 Å². The van der Waals surface area contributed by atoms with Gasteiger partial charge in [-0.15, -0.1) is 10.2 Å². The van der Waals surface area contributed by atoms with Crippen LogP contribution >= 0.6 is 11.8 Å². The molecule has 0 aliphatic carbocycles. The van der Waals surface area contributed by atoms with Gasteiger partial charge in [0.2, 0.25) is 17.8 Å². The molecule has 10 heteroatoms. The standard InChI is InChI=1S/C21H29N9S/c1-14-8-10-16(11-9-14)30-20(29-12-6-5-7-13-29)26-27-21(30)31-15(2)17-23-18(22)25-19(24-17)28(3)4/h8-11,15H,5-7,12-13H2,1-4H3,(H2,22,23,24,25). The van der Waals surface area contributed by atoms with E-state index >= 15 is 0 Å². The molecule has 0 bridgehead atoms. The molecule has 0 radical (unpaired) electrons. The van der Waals surface area contributed by atoms with Gasteiger partial charge >= 0.3 is 0 Å². The van der Waals surface area contributed by atoms with E-state index in [4.69, 9.17) is 5.73 Å². The minimum absolute atomic E-state index is 0.0772. The number of hydrogen-bond acceptors (Lipinski definition) is 9. The molecule has 1 aliphatic heterocycles. The Kier molecular flexibility index (Phi) is 6.26. The Morgan fingerprint density at radius 1 is 1.00 bits per heavy atom. The number of nitrogens with zero attached hydrogens (tertiary/aromatic N) is 8. The number of aryl methyl sites for hydroxylation is 1. The molecular formula is C21H29N9S. The van der Waals surface area contributed by atoms with Crippen molar-refractivity contribution in [2.75, 3.05) is 42.7 Å². The first-order chi connectivity index (χ1) is 14.9. The van der Waals surface area contributed by atoms with E-state index in [9.17, 15) is 0 Å². The highest BCUT2D eigenvalue weighted by Crippen LogP contribution is 2.36. The summed E-state index contributed by atoms with van der Waals surface area (Å²) in [6, 6.07) is 8.46. The van der Waals surface area contributed by atoms with Gasteiger partial charge in [0.25, 0.3) is 0 Å². The smallest absolute Gasteiger partial charge is 0.232 e. The van der Waals surface area contributed by atoms with Crippen molar-refractivity contribution in [3.63, 3.8) is 0 Å². The number of piperidine rings is 1. The molecule has 1 atom stereocenters. The number of hydrogen-bond donors (Lipinski definition) is 1. The molecule has 31 heavy (non-hydrogen) atoms. The predicted molar refractivity (Wildman–Crippen MR) is 125 cm³/mol. The van der Waals surface area contributed by atoms with E-state index in [1.54, 1.807) is 11.8 Å². The summed E-state index contributed by atoms with van der Waals surface area (Å²) in [5, 5.41) is 9.87. The molecule has 3 heterocycles. The van der Waals surface area contributed by atoms with E-state index in [2.05, 4.69) is 65.8 Å². The summed E-state index contributed by atoms with van der Waals surface area (Å²) >= 11 is 1.57. The monoisotopic (exact) mass is 439 g/mol. The lowest BCUT2D eigenvalue weighted by molar-refractivity contribution is 0.564. The Morgan fingerprint density at radius 3 is 2.39 bits per heavy atom. The Morgan fingerprint density at radius 2 is 1.71 bits per heavy atom. The van der Waals surface area contributed by atoms with Crippen molar-refractivity contribution in [1.82, 2.24) is 29.7 Å². The fraction of sp³-hybridized carbons (Fsp3) is 0.476. The van der Waals surface area contributed by atoms with E-state index in [0.717, 1.165) is 29.9 Å². The third-order valence-electron chi connectivity index (χ3n) is 5.25. The lowest BCUT2D eigenvalue weighted by atomic mass is 10.1. The third-order valence-corrected chi connectivity index (χ3v) is 6.29. The third kappa shape index (κ3) is 4.73. The van der Waals surface area contributed by atoms with Crippen molar-refractivity contribution in [2.45, 2.75) is 43.5 Å². The summed E-state index contributed by atoms with van der Waals surface area (Å²) in [5.41, 5.74) is 8.20. The largest absolute Gasteiger partial charge is 0.368 e. The van der Waals surface area contributed by atoms with Crippen LogP contribution in [0.15, 0.2) is 29.4 Å². The Bertz CT molecular complexity index is 1030. The molecule has 1 unspecified atom stereocenters. The van der Waals surface area contributed by atoms with Crippen molar-refractivity contribution >= 4 is 29.6 Å². The number of anilines is 3. The first-order valence-corrected chi connectivity index (χ1v) is 11.4. The average Bonchev–Trinajstić information content (AvgIpc) is 3.18. The van der Waals surface area contributed by atoms with Crippen LogP contribution < -0.4 is 15.5 Å². The van der Waals surface area contributed by atoms with E-state index in [1.807, 2.05) is 25.9 Å². The van der Waals surface area contributed by atoms with E-state index < -0.39 is 0 Å². The molecule has 2 N–H and O–H groups in total. The second-order valence-corrected chi connectivity index (χ2v) is 9.32. The zero-order chi connectivity index (χ0) is 22.0. The van der Waals surface area contributed by atoms with Gasteiger partial charge in [0.05, 0.1) is 10.9 Å². The number of aromatic nitrogens is 6. The van der Waals surface area contributed by atoms with Gasteiger partial charge in [-0.05, 0) is 45.2 Å². The van der Waals surface area contributed by atoms with Gasteiger partial charge in [0.1, 0.15) is 5.82 Å². The van der Waals surface area contributed by atoms with Gasteiger partial charge in [-0.1, -0.05) is 29.5 Å². The molecule has 0 saturated carbocycles. The van der Waals surface area contributed by atoms with Gasteiger partial charge < -0.3 is 15.5 Å².